The molecule has 4 rings (SSSR count). The van der Waals surface area contributed by atoms with E-state index in [-0.39, 0.29) is 11.7 Å². The van der Waals surface area contributed by atoms with Gasteiger partial charge >= 0.3 is 0 Å². The number of hydrogen-bond acceptors (Lipinski definition) is 4. The summed E-state index contributed by atoms with van der Waals surface area (Å²) in [7, 11) is 0. The third-order valence-corrected chi connectivity index (χ3v) is 5.29. The summed E-state index contributed by atoms with van der Waals surface area (Å²) < 4.78 is 14.8. The lowest BCUT2D eigenvalue weighted by Gasteiger charge is -2.10. The molecule has 1 N–H and O–H groups in total. The number of thiophene rings is 1. The van der Waals surface area contributed by atoms with E-state index in [9.17, 15) is 9.18 Å². The Kier molecular flexibility index (Phi) is 3.66. The molecule has 23 heavy (non-hydrogen) atoms. The molecule has 7 heteroatoms. The largest absolute Gasteiger partial charge is 0.306 e. The van der Waals surface area contributed by atoms with Gasteiger partial charge in [0.2, 0.25) is 0 Å². The minimum absolute atomic E-state index is 0.158. The van der Waals surface area contributed by atoms with Crippen LogP contribution >= 0.6 is 23.1 Å². The van der Waals surface area contributed by atoms with Gasteiger partial charge in [-0.15, -0.1) is 0 Å². The number of rotatable bonds is 3. The van der Waals surface area contributed by atoms with Crippen molar-refractivity contribution in [3.63, 3.8) is 0 Å². The smallest absolute Gasteiger partial charge is 0.257 e. The lowest BCUT2D eigenvalue weighted by molar-refractivity contribution is 0.102. The van der Waals surface area contributed by atoms with Gasteiger partial charge in [-0.2, -0.15) is 28.2 Å². The van der Waals surface area contributed by atoms with Gasteiger partial charge in [0.25, 0.3) is 5.91 Å². The molecule has 0 saturated heterocycles. The molecule has 1 amide bonds. The predicted molar refractivity (Wildman–Crippen MR) is 90.8 cm³/mol. The summed E-state index contributed by atoms with van der Waals surface area (Å²) in [5, 5.41) is 11.2. The zero-order chi connectivity index (χ0) is 15.8. The molecule has 0 bridgehead atoms. The zero-order valence-electron chi connectivity index (χ0n) is 12.0. The number of anilines is 1. The molecule has 0 aliphatic carbocycles. The number of nitrogens with zero attached hydrogens (tertiary/aromatic N) is 2. The van der Waals surface area contributed by atoms with Gasteiger partial charge in [0.1, 0.15) is 11.6 Å². The van der Waals surface area contributed by atoms with Crippen LogP contribution in [0.2, 0.25) is 0 Å². The highest BCUT2D eigenvalue weighted by molar-refractivity contribution is 7.98. The van der Waals surface area contributed by atoms with Crippen LogP contribution in [0.5, 0.6) is 0 Å². The van der Waals surface area contributed by atoms with Crippen LogP contribution in [-0.2, 0) is 11.5 Å². The van der Waals surface area contributed by atoms with E-state index in [1.54, 1.807) is 34.6 Å². The Morgan fingerprint density at radius 2 is 2.04 bits per heavy atom. The molecule has 1 aromatic carbocycles. The standard InChI is InChI=1S/C16H12FN3OS2/c17-11-1-3-12(4-2-11)20-15(13-8-23-9-14(13)19-20)18-16(21)10-5-6-22-7-10/h1-7H,8-9H2,(H,18,21). The number of carbonyl (C=O) groups excluding carboxylic acids is 1. The van der Waals surface area contributed by atoms with Gasteiger partial charge in [0.15, 0.2) is 0 Å². The van der Waals surface area contributed by atoms with Crippen molar-refractivity contribution in [1.82, 2.24) is 9.78 Å². The second-order valence-corrected chi connectivity index (χ2v) is 6.89. The van der Waals surface area contributed by atoms with Crippen LogP contribution in [-0.4, -0.2) is 15.7 Å². The Bertz CT molecular complexity index is 856. The van der Waals surface area contributed by atoms with Crippen LogP contribution in [0.4, 0.5) is 10.2 Å². The number of halogens is 1. The molecule has 0 unspecified atom stereocenters. The maximum Gasteiger partial charge on any atom is 0.257 e. The van der Waals surface area contributed by atoms with Crippen LogP contribution < -0.4 is 5.32 Å². The number of amides is 1. The van der Waals surface area contributed by atoms with E-state index in [1.807, 2.05) is 10.8 Å². The Labute approximate surface area is 140 Å². The summed E-state index contributed by atoms with van der Waals surface area (Å²) in [6.07, 6.45) is 0. The highest BCUT2D eigenvalue weighted by atomic mass is 32.2. The maximum atomic E-state index is 13.2. The average Bonchev–Trinajstić information content (AvgIpc) is 3.26. The number of nitrogens with one attached hydrogen (secondary N) is 1. The monoisotopic (exact) mass is 345 g/mol. The maximum absolute atomic E-state index is 13.2. The first kappa shape index (κ1) is 14.5. The topological polar surface area (TPSA) is 46.9 Å². The molecule has 0 radical (unpaired) electrons. The van der Waals surface area contributed by atoms with Gasteiger partial charge in [-0.1, -0.05) is 0 Å². The fraction of sp³-hybridized carbons (Fsp3) is 0.125. The lowest BCUT2D eigenvalue weighted by atomic mass is 10.2. The molecule has 1 aliphatic rings. The van der Waals surface area contributed by atoms with E-state index >= 15 is 0 Å². The minimum Gasteiger partial charge on any atom is -0.306 e. The minimum atomic E-state index is -0.298. The Hall–Kier alpha value is -2.12. The normalized spacial score (nSPS) is 13.1. The second kappa shape index (κ2) is 5.82. The van der Waals surface area contributed by atoms with Gasteiger partial charge < -0.3 is 5.32 Å². The molecule has 3 aromatic rings. The highest BCUT2D eigenvalue weighted by Crippen LogP contribution is 2.36. The van der Waals surface area contributed by atoms with E-state index in [1.165, 1.54) is 23.5 Å². The van der Waals surface area contributed by atoms with E-state index in [4.69, 9.17) is 0 Å². The first-order valence-electron chi connectivity index (χ1n) is 7.00. The fourth-order valence-electron chi connectivity index (χ4n) is 2.48. The summed E-state index contributed by atoms with van der Waals surface area (Å²) in [6, 6.07) is 7.88. The molecule has 0 atom stereocenters. The van der Waals surface area contributed by atoms with Gasteiger partial charge in [0, 0.05) is 22.4 Å². The molecule has 4 nitrogen and oxygen atoms in total. The van der Waals surface area contributed by atoms with Gasteiger partial charge in [-0.3, -0.25) is 4.79 Å². The average molecular weight is 345 g/mol. The molecule has 0 fully saturated rings. The Balaban J connectivity index is 1.75. The first-order valence-corrected chi connectivity index (χ1v) is 9.10. The number of carbonyl (C=O) groups is 1. The van der Waals surface area contributed by atoms with Crippen molar-refractivity contribution in [2.75, 3.05) is 5.32 Å². The van der Waals surface area contributed by atoms with Crippen LogP contribution in [0, 0.1) is 5.82 Å². The quantitative estimate of drug-likeness (QED) is 0.778. The van der Waals surface area contributed by atoms with Crippen LogP contribution in [0.25, 0.3) is 5.69 Å². The fourth-order valence-corrected chi connectivity index (χ4v) is 4.15. The molecule has 0 spiro atoms. The molecular weight excluding hydrogens is 333 g/mol. The summed E-state index contributed by atoms with van der Waals surface area (Å²) in [6.45, 7) is 0. The number of fused-ring (bicyclic) bond motifs is 1. The number of benzene rings is 1. The Morgan fingerprint density at radius 3 is 2.78 bits per heavy atom. The molecule has 116 valence electrons. The van der Waals surface area contributed by atoms with E-state index in [2.05, 4.69) is 10.4 Å². The Morgan fingerprint density at radius 1 is 1.22 bits per heavy atom. The molecular formula is C16H12FN3OS2. The highest BCUT2D eigenvalue weighted by Gasteiger charge is 2.25. The van der Waals surface area contributed by atoms with Gasteiger partial charge in [-0.25, -0.2) is 9.07 Å². The van der Waals surface area contributed by atoms with Crippen molar-refractivity contribution in [1.29, 1.82) is 0 Å². The molecule has 3 heterocycles. The lowest BCUT2D eigenvalue weighted by Crippen LogP contribution is -2.15. The van der Waals surface area contributed by atoms with Crippen LogP contribution in [0.3, 0.4) is 0 Å². The van der Waals surface area contributed by atoms with Crippen molar-refractivity contribution in [3.05, 3.63) is 63.7 Å². The molecule has 1 aliphatic heterocycles. The second-order valence-electron chi connectivity index (χ2n) is 5.12. The van der Waals surface area contributed by atoms with Crippen LogP contribution in [0.15, 0.2) is 41.1 Å². The summed E-state index contributed by atoms with van der Waals surface area (Å²) >= 11 is 3.25. The van der Waals surface area contributed by atoms with Crippen molar-refractivity contribution in [2.45, 2.75) is 11.5 Å². The number of aromatic nitrogens is 2. The van der Waals surface area contributed by atoms with Crippen LogP contribution in [0.1, 0.15) is 21.6 Å². The molecule has 2 aromatic heterocycles. The van der Waals surface area contributed by atoms with Gasteiger partial charge in [0.05, 0.1) is 16.9 Å². The zero-order valence-corrected chi connectivity index (χ0v) is 13.6. The van der Waals surface area contributed by atoms with E-state index < -0.39 is 0 Å². The van der Waals surface area contributed by atoms with E-state index in [0.29, 0.717) is 11.4 Å². The van der Waals surface area contributed by atoms with Gasteiger partial charge in [-0.05, 0) is 35.7 Å². The predicted octanol–water partition coefficient (Wildman–Crippen LogP) is 4.07. The van der Waals surface area contributed by atoms with Crippen molar-refractivity contribution >= 4 is 34.8 Å². The van der Waals surface area contributed by atoms with Crippen molar-refractivity contribution < 1.29 is 9.18 Å². The first-order chi connectivity index (χ1) is 11.2. The third-order valence-electron chi connectivity index (χ3n) is 3.64. The van der Waals surface area contributed by atoms with E-state index in [0.717, 1.165) is 28.5 Å². The molecule has 0 saturated carbocycles. The summed E-state index contributed by atoms with van der Waals surface area (Å²) in [5.74, 6) is 1.86. The summed E-state index contributed by atoms with van der Waals surface area (Å²) in [4.78, 5) is 12.4. The third kappa shape index (κ3) is 2.66. The summed E-state index contributed by atoms with van der Waals surface area (Å²) in [5.41, 5.74) is 3.37. The number of hydrogen-bond donors (Lipinski definition) is 1. The van der Waals surface area contributed by atoms with Crippen molar-refractivity contribution in [2.24, 2.45) is 0 Å². The van der Waals surface area contributed by atoms with Crippen molar-refractivity contribution in [3.8, 4) is 5.69 Å². The SMILES string of the molecule is O=C(Nc1c2c(nn1-c1ccc(F)cc1)CSC2)c1ccsc1. The number of thioether (sulfide) groups is 1.